The number of benzene rings is 1. The fourth-order valence-electron chi connectivity index (χ4n) is 1.36. The van der Waals surface area contributed by atoms with Crippen molar-refractivity contribution in [1.82, 2.24) is 0 Å². The standard InChI is InChI=1S/C12H17FO2S/c1-8-6-12(16-5-4-15-3)10(9(2)14)7-11(8)13/h6-7,9,14H,4-5H2,1-3H3/t9-/m1/s1. The molecule has 0 heterocycles. The van der Waals surface area contributed by atoms with Gasteiger partial charge in [0.25, 0.3) is 0 Å². The van der Waals surface area contributed by atoms with E-state index in [1.165, 1.54) is 6.07 Å². The molecule has 2 nitrogen and oxygen atoms in total. The minimum atomic E-state index is -0.653. The minimum absolute atomic E-state index is 0.271. The maximum atomic E-state index is 13.4. The van der Waals surface area contributed by atoms with Crippen LogP contribution in [0, 0.1) is 12.7 Å². The molecular weight excluding hydrogens is 227 g/mol. The Morgan fingerprint density at radius 3 is 2.75 bits per heavy atom. The Labute approximate surface area is 99.8 Å². The number of ether oxygens (including phenoxy) is 1. The largest absolute Gasteiger partial charge is 0.389 e. The molecule has 0 saturated carbocycles. The second-order valence-corrected chi connectivity index (χ2v) is 4.79. The molecule has 16 heavy (non-hydrogen) atoms. The summed E-state index contributed by atoms with van der Waals surface area (Å²) in [6.07, 6.45) is -0.653. The van der Waals surface area contributed by atoms with Gasteiger partial charge in [0.05, 0.1) is 12.7 Å². The predicted octanol–water partition coefficient (Wildman–Crippen LogP) is 2.93. The third-order valence-electron chi connectivity index (χ3n) is 2.29. The molecule has 0 aliphatic rings. The third-order valence-corrected chi connectivity index (χ3v) is 3.32. The number of aryl methyl sites for hydroxylation is 1. The van der Waals surface area contributed by atoms with E-state index in [1.807, 2.05) is 0 Å². The van der Waals surface area contributed by atoms with E-state index in [4.69, 9.17) is 4.74 Å². The van der Waals surface area contributed by atoms with Crippen molar-refractivity contribution in [2.24, 2.45) is 0 Å². The van der Waals surface area contributed by atoms with E-state index in [0.29, 0.717) is 17.7 Å². The van der Waals surface area contributed by atoms with Crippen LogP contribution in [-0.2, 0) is 4.74 Å². The highest BCUT2D eigenvalue weighted by atomic mass is 32.2. The molecule has 0 aromatic heterocycles. The van der Waals surface area contributed by atoms with Gasteiger partial charge < -0.3 is 9.84 Å². The Bertz CT molecular complexity index is 353. The van der Waals surface area contributed by atoms with Gasteiger partial charge in [0, 0.05) is 17.8 Å². The van der Waals surface area contributed by atoms with Crippen molar-refractivity contribution in [2.75, 3.05) is 19.5 Å². The summed E-state index contributed by atoms with van der Waals surface area (Å²) in [5.74, 6) is 0.522. The van der Waals surface area contributed by atoms with Crippen LogP contribution in [0.25, 0.3) is 0 Å². The number of hydrogen-bond acceptors (Lipinski definition) is 3. The van der Waals surface area contributed by atoms with Crippen molar-refractivity contribution in [3.8, 4) is 0 Å². The van der Waals surface area contributed by atoms with E-state index in [-0.39, 0.29) is 5.82 Å². The highest BCUT2D eigenvalue weighted by Crippen LogP contribution is 2.29. The van der Waals surface area contributed by atoms with Crippen molar-refractivity contribution >= 4 is 11.8 Å². The Hall–Kier alpha value is -0.580. The predicted molar refractivity (Wildman–Crippen MR) is 64.4 cm³/mol. The SMILES string of the molecule is COCCSc1cc(C)c(F)cc1[C@@H](C)O. The Balaban J connectivity index is 2.91. The summed E-state index contributed by atoms with van der Waals surface area (Å²) in [6.45, 7) is 4.01. The second kappa shape index (κ2) is 6.23. The zero-order chi connectivity index (χ0) is 12.1. The van der Waals surface area contributed by atoms with Gasteiger partial charge >= 0.3 is 0 Å². The number of thioether (sulfide) groups is 1. The topological polar surface area (TPSA) is 29.5 Å². The lowest BCUT2D eigenvalue weighted by molar-refractivity contribution is 0.195. The van der Waals surface area contributed by atoms with Crippen LogP contribution in [0.5, 0.6) is 0 Å². The third kappa shape index (κ3) is 3.47. The quantitative estimate of drug-likeness (QED) is 0.638. The fraction of sp³-hybridized carbons (Fsp3) is 0.500. The van der Waals surface area contributed by atoms with Crippen LogP contribution in [0.4, 0.5) is 4.39 Å². The average molecular weight is 244 g/mol. The number of methoxy groups -OCH3 is 1. The van der Waals surface area contributed by atoms with E-state index >= 15 is 0 Å². The fourth-order valence-corrected chi connectivity index (χ4v) is 2.48. The van der Waals surface area contributed by atoms with Gasteiger partial charge in [0.15, 0.2) is 0 Å². The summed E-state index contributed by atoms with van der Waals surface area (Å²) >= 11 is 1.57. The molecule has 90 valence electrons. The van der Waals surface area contributed by atoms with Crippen LogP contribution in [0.1, 0.15) is 24.2 Å². The summed E-state index contributed by atoms with van der Waals surface area (Å²) in [5.41, 5.74) is 1.24. The maximum Gasteiger partial charge on any atom is 0.126 e. The molecule has 0 aliphatic heterocycles. The summed E-state index contributed by atoms with van der Waals surface area (Å²) in [6, 6.07) is 3.19. The van der Waals surface area contributed by atoms with Crippen LogP contribution in [0.2, 0.25) is 0 Å². The molecule has 1 aromatic carbocycles. The van der Waals surface area contributed by atoms with E-state index < -0.39 is 6.10 Å². The molecule has 0 aliphatic carbocycles. The molecule has 0 amide bonds. The van der Waals surface area contributed by atoms with Gasteiger partial charge in [0.2, 0.25) is 0 Å². The van der Waals surface area contributed by atoms with Crippen molar-refractivity contribution in [2.45, 2.75) is 24.8 Å². The number of aliphatic hydroxyl groups excluding tert-OH is 1. The van der Waals surface area contributed by atoms with E-state index in [9.17, 15) is 9.50 Å². The first-order chi connectivity index (χ1) is 7.56. The van der Waals surface area contributed by atoms with Gasteiger partial charge in [-0.05, 0) is 37.1 Å². The molecule has 0 unspecified atom stereocenters. The van der Waals surface area contributed by atoms with Gasteiger partial charge in [-0.2, -0.15) is 0 Å². The lowest BCUT2D eigenvalue weighted by Crippen LogP contribution is -1.99. The molecule has 0 saturated heterocycles. The van der Waals surface area contributed by atoms with Gasteiger partial charge in [-0.1, -0.05) is 0 Å². The molecular formula is C12H17FO2S. The van der Waals surface area contributed by atoms with Crippen LogP contribution in [0.15, 0.2) is 17.0 Å². The van der Waals surface area contributed by atoms with Crippen molar-refractivity contribution in [1.29, 1.82) is 0 Å². The first-order valence-electron chi connectivity index (χ1n) is 5.16. The highest BCUT2D eigenvalue weighted by Gasteiger charge is 2.11. The van der Waals surface area contributed by atoms with Crippen molar-refractivity contribution < 1.29 is 14.2 Å². The van der Waals surface area contributed by atoms with Gasteiger partial charge in [-0.25, -0.2) is 4.39 Å². The number of hydrogen-bond donors (Lipinski definition) is 1. The zero-order valence-electron chi connectivity index (χ0n) is 9.79. The smallest absolute Gasteiger partial charge is 0.126 e. The van der Waals surface area contributed by atoms with Crippen LogP contribution >= 0.6 is 11.8 Å². The molecule has 0 spiro atoms. The molecule has 0 fully saturated rings. The van der Waals surface area contributed by atoms with E-state index in [2.05, 4.69) is 0 Å². The monoisotopic (exact) mass is 244 g/mol. The van der Waals surface area contributed by atoms with Gasteiger partial charge in [0.1, 0.15) is 5.82 Å². The van der Waals surface area contributed by atoms with Crippen molar-refractivity contribution in [3.63, 3.8) is 0 Å². The molecule has 0 bridgehead atoms. The summed E-state index contributed by atoms with van der Waals surface area (Å²) in [7, 11) is 1.64. The number of aliphatic hydroxyl groups is 1. The lowest BCUT2D eigenvalue weighted by Gasteiger charge is -2.13. The van der Waals surface area contributed by atoms with Crippen LogP contribution in [0.3, 0.4) is 0 Å². The van der Waals surface area contributed by atoms with Crippen LogP contribution < -0.4 is 0 Å². The van der Waals surface area contributed by atoms with Crippen molar-refractivity contribution in [3.05, 3.63) is 29.1 Å². The van der Waals surface area contributed by atoms with E-state index in [1.54, 1.807) is 38.8 Å². The number of rotatable bonds is 5. The average Bonchev–Trinajstić information content (AvgIpc) is 2.23. The molecule has 1 N–H and O–H groups in total. The minimum Gasteiger partial charge on any atom is -0.389 e. The molecule has 0 radical (unpaired) electrons. The summed E-state index contributed by atoms with van der Waals surface area (Å²) < 4.78 is 18.3. The zero-order valence-corrected chi connectivity index (χ0v) is 10.6. The van der Waals surface area contributed by atoms with Crippen LogP contribution in [-0.4, -0.2) is 24.6 Å². The summed E-state index contributed by atoms with van der Waals surface area (Å²) in [5, 5.41) is 9.57. The Morgan fingerprint density at radius 2 is 2.19 bits per heavy atom. The molecule has 1 rings (SSSR count). The van der Waals surface area contributed by atoms with E-state index in [0.717, 1.165) is 10.6 Å². The van der Waals surface area contributed by atoms with Gasteiger partial charge in [-0.15, -0.1) is 11.8 Å². The maximum absolute atomic E-state index is 13.4. The Morgan fingerprint density at radius 1 is 1.50 bits per heavy atom. The Kier molecular flexibility index (Phi) is 5.25. The molecule has 1 atom stereocenters. The molecule has 1 aromatic rings. The normalized spacial score (nSPS) is 12.8. The number of halogens is 1. The first kappa shape index (κ1) is 13.5. The summed E-state index contributed by atoms with van der Waals surface area (Å²) in [4.78, 5) is 0.922. The highest BCUT2D eigenvalue weighted by molar-refractivity contribution is 7.99. The molecule has 4 heteroatoms. The van der Waals surface area contributed by atoms with Gasteiger partial charge in [-0.3, -0.25) is 0 Å². The lowest BCUT2D eigenvalue weighted by atomic mass is 10.1. The second-order valence-electron chi connectivity index (χ2n) is 3.66. The first-order valence-corrected chi connectivity index (χ1v) is 6.14.